The van der Waals surface area contributed by atoms with Gasteiger partial charge in [0.15, 0.2) is 0 Å². The van der Waals surface area contributed by atoms with Gasteiger partial charge >= 0.3 is 0 Å². The first kappa shape index (κ1) is 12.4. The standard InChI is InChI=1S/C12H14N4O2/c1-2-17-11-8-10(14-16-13)12(15-18-11)9-6-4-3-5-7-9/h3-7,10-11H,2,8H2,1H3/t10-,11+/m1/s1. The van der Waals surface area contributed by atoms with Crippen molar-refractivity contribution in [3.05, 3.63) is 46.3 Å². The Bertz CT molecular complexity index is 468. The Labute approximate surface area is 105 Å². The second-order valence-electron chi connectivity index (χ2n) is 3.79. The zero-order valence-electron chi connectivity index (χ0n) is 10.1. The highest BCUT2D eigenvalue weighted by Gasteiger charge is 2.28. The number of benzene rings is 1. The van der Waals surface area contributed by atoms with Gasteiger partial charge in [0.2, 0.25) is 6.29 Å². The van der Waals surface area contributed by atoms with Crippen molar-refractivity contribution in [3.8, 4) is 0 Å². The summed E-state index contributed by atoms with van der Waals surface area (Å²) in [7, 11) is 0. The van der Waals surface area contributed by atoms with Crippen LogP contribution in [0, 0.1) is 0 Å². The summed E-state index contributed by atoms with van der Waals surface area (Å²) in [6.45, 7) is 2.41. The zero-order chi connectivity index (χ0) is 12.8. The van der Waals surface area contributed by atoms with Crippen LogP contribution in [0.25, 0.3) is 10.4 Å². The van der Waals surface area contributed by atoms with E-state index in [1.54, 1.807) is 0 Å². The molecular formula is C12H14N4O2. The third-order valence-corrected chi connectivity index (χ3v) is 2.61. The van der Waals surface area contributed by atoms with Crippen LogP contribution in [0.3, 0.4) is 0 Å². The van der Waals surface area contributed by atoms with Crippen LogP contribution in [-0.4, -0.2) is 24.7 Å². The molecule has 0 bridgehead atoms. The first-order chi connectivity index (χ1) is 8.85. The summed E-state index contributed by atoms with van der Waals surface area (Å²) >= 11 is 0. The normalized spacial score (nSPS) is 22.6. The minimum Gasteiger partial charge on any atom is -0.363 e. The molecule has 1 aromatic rings. The molecule has 1 heterocycles. The van der Waals surface area contributed by atoms with Crippen molar-refractivity contribution < 1.29 is 9.57 Å². The maximum Gasteiger partial charge on any atom is 0.227 e. The smallest absolute Gasteiger partial charge is 0.227 e. The summed E-state index contributed by atoms with van der Waals surface area (Å²) in [5, 5.41) is 7.79. The number of ether oxygens (including phenoxy) is 1. The van der Waals surface area contributed by atoms with Crippen molar-refractivity contribution in [1.82, 2.24) is 0 Å². The molecule has 0 N–H and O–H groups in total. The van der Waals surface area contributed by atoms with Gasteiger partial charge in [-0.3, -0.25) is 0 Å². The summed E-state index contributed by atoms with van der Waals surface area (Å²) < 4.78 is 5.33. The molecule has 6 nitrogen and oxygen atoms in total. The number of nitrogens with zero attached hydrogens (tertiary/aromatic N) is 4. The van der Waals surface area contributed by atoms with E-state index in [4.69, 9.17) is 15.1 Å². The lowest BCUT2D eigenvalue weighted by atomic mass is 10.0. The largest absolute Gasteiger partial charge is 0.363 e. The third kappa shape index (κ3) is 2.80. The Kier molecular flexibility index (Phi) is 4.17. The summed E-state index contributed by atoms with van der Waals surface area (Å²) in [6.07, 6.45) is 0.0315. The minimum absolute atomic E-state index is 0.359. The molecule has 18 heavy (non-hydrogen) atoms. The fourth-order valence-electron chi connectivity index (χ4n) is 1.82. The van der Waals surface area contributed by atoms with E-state index in [1.165, 1.54) is 0 Å². The summed E-state index contributed by atoms with van der Waals surface area (Å²) in [5.74, 6) is 0. The molecule has 0 spiro atoms. The lowest BCUT2D eigenvalue weighted by Gasteiger charge is -2.25. The van der Waals surface area contributed by atoms with Gasteiger partial charge in [0.05, 0.1) is 11.8 Å². The molecule has 1 aliphatic heterocycles. The van der Waals surface area contributed by atoms with Crippen LogP contribution < -0.4 is 0 Å². The SMILES string of the molecule is CCO[C@@H]1C[C@@H](N=[N+]=[N-])C(c2ccccc2)=NO1. The maximum absolute atomic E-state index is 8.62. The Hall–Kier alpha value is -2.04. The van der Waals surface area contributed by atoms with E-state index in [2.05, 4.69) is 15.2 Å². The minimum atomic E-state index is -0.446. The zero-order valence-corrected chi connectivity index (χ0v) is 10.1. The van der Waals surface area contributed by atoms with Crippen LogP contribution in [0.4, 0.5) is 0 Å². The highest BCUT2D eigenvalue weighted by Crippen LogP contribution is 2.20. The second kappa shape index (κ2) is 6.05. The van der Waals surface area contributed by atoms with Crippen LogP contribution in [-0.2, 0) is 9.57 Å². The fourth-order valence-corrected chi connectivity index (χ4v) is 1.82. The van der Waals surface area contributed by atoms with Gasteiger partial charge in [-0.25, -0.2) is 0 Å². The Morgan fingerprint density at radius 2 is 2.28 bits per heavy atom. The van der Waals surface area contributed by atoms with E-state index in [0.717, 1.165) is 5.56 Å². The van der Waals surface area contributed by atoms with Crippen molar-refractivity contribution in [2.75, 3.05) is 6.61 Å². The molecule has 2 atom stereocenters. The number of hydrogen-bond acceptors (Lipinski definition) is 4. The molecule has 1 aliphatic rings. The van der Waals surface area contributed by atoms with Gasteiger partial charge in [-0.2, -0.15) is 0 Å². The van der Waals surface area contributed by atoms with Crippen LogP contribution in [0.5, 0.6) is 0 Å². The van der Waals surface area contributed by atoms with Crippen LogP contribution in [0.2, 0.25) is 0 Å². The highest BCUT2D eigenvalue weighted by molar-refractivity contribution is 6.04. The predicted octanol–water partition coefficient (Wildman–Crippen LogP) is 2.85. The molecule has 0 fully saturated rings. The average molecular weight is 246 g/mol. The molecule has 2 rings (SSSR count). The van der Waals surface area contributed by atoms with Gasteiger partial charge in [0.1, 0.15) is 0 Å². The quantitative estimate of drug-likeness (QED) is 0.465. The molecule has 1 aromatic carbocycles. The van der Waals surface area contributed by atoms with E-state index < -0.39 is 6.29 Å². The van der Waals surface area contributed by atoms with Crippen LogP contribution in [0.1, 0.15) is 18.9 Å². The van der Waals surface area contributed by atoms with Gasteiger partial charge in [0, 0.05) is 17.9 Å². The predicted molar refractivity (Wildman–Crippen MR) is 67.0 cm³/mol. The van der Waals surface area contributed by atoms with E-state index in [0.29, 0.717) is 18.7 Å². The Morgan fingerprint density at radius 1 is 1.50 bits per heavy atom. The van der Waals surface area contributed by atoms with Crippen molar-refractivity contribution in [1.29, 1.82) is 0 Å². The topological polar surface area (TPSA) is 79.6 Å². The number of rotatable bonds is 4. The van der Waals surface area contributed by atoms with E-state index >= 15 is 0 Å². The third-order valence-electron chi connectivity index (χ3n) is 2.61. The molecule has 0 aliphatic carbocycles. The Balaban J connectivity index is 2.24. The maximum atomic E-state index is 8.62. The Morgan fingerprint density at radius 3 is 2.94 bits per heavy atom. The molecule has 0 saturated heterocycles. The van der Waals surface area contributed by atoms with Gasteiger partial charge < -0.3 is 9.57 Å². The molecule has 0 amide bonds. The summed E-state index contributed by atoms with van der Waals surface area (Å²) in [5.41, 5.74) is 10.2. The van der Waals surface area contributed by atoms with Crippen molar-refractivity contribution >= 4 is 5.71 Å². The van der Waals surface area contributed by atoms with Crippen LogP contribution in [0.15, 0.2) is 40.6 Å². The molecule has 0 saturated carbocycles. The van der Waals surface area contributed by atoms with Gasteiger partial charge in [-0.1, -0.05) is 40.6 Å². The highest BCUT2D eigenvalue weighted by atomic mass is 16.8. The number of hydrogen-bond donors (Lipinski definition) is 0. The molecule has 94 valence electrons. The van der Waals surface area contributed by atoms with E-state index in [-0.39, 0.29) is 6.04 Å². The second-order valence-corrected chi connectivity index (χ2v) is 3.79. The fraction of sp³-hybridized carbons (Fsp3) is 0.417. The monoisotopic (exact) mass is 246 g/mol. The van der Waals surface area contributed by atoms with Gasteiger partial charge in [-0.05, 0) is 18.0 Å². The van der Waals surface area contributed by atoms with Crippen molar-refractivity contribution in [2.24, 2.45) is 10.3 Å². The molecule has 0 radical (unpaired) electrons. The number of azide groups is 1. The summed E-state index contributed by atoms with van der Waals surface area (Å²) in [6, 6.07) is 9.17. The van der Waals surface area contributed by atoms with Crippen molar-refractivity contribution in [3.63, 3.8) is 0 Å². The molecule has 0 aromatic heterocycles. The average Bonchev–Trinajstić information content (AvgIpc) is 2.41. The molecule has 0 unspecified atom stereocenters. The lowest BCUT2D eigenvalue weighted by molar-refractivity contribution is -0.149. The van der Waals surface area contributed by atoms with E-state index in [9.17, 15) is 0 Å². The number of oxime groups is 1. The van der Waals surface area contributed by atoms with E-state index in [1.807, 2.05) is 37.3 Å². The molecular weight excluding hydrogens is 232 g/mol. The molecule has 6 heteroatoms. The lowest BCUT2D eigenvalue weighted by Crippen LogP contribution is -2.32. The van der Waals surface area contributed by atoms with Crippen molar-refractivity contribution in [2.45, 2.75) is 25.7 Å². The first-order valence-corrected chi connectivity index (χ1v) is 5.80. The van der Waals surface area contributed by atoms with Gasteiger partial charge in [-0.15, -0.1) is 0 Å². The first-order valence-electron chi connectivity index (χ1n) is 5.80. The summed E-state index contributed by atoms with van der Waals surface area (Å²) in [4.78, 5) is 8.11. The van der Waals surface area contributed by atoms with Gasteiger partial charge in [0.25, 0.3) is 0 Å². The van der Waals surface area contributed by atoms with Crippen LogP contribution >= 0.6 is 0 Å².